The molecule has 0 heterocycles. The van der Waals surface area contributed by atoms with Gasteiger partial charge in [0, 0.05) is 17.7 Å². The Balaban J connectivity index is 2.62. The molecule has 0 aliphatic rings. The highest BCUT2D eigenvalue weighted by Gasteiger charge is 2.23. The number of ketones is 1. The maximum absolute atomic E-state index is 12.1. The first-order valence-electron chi connectivity index (χ1n) is 8.38. The van der Waals surface area contributed by atoms with E-state index in [2.05, 4.69) is 10.6 Å². The first kappa shape index (κ1) is 21.1. The Kier molecular flexibility index (Phi) is 8.27. The topological polar surface area (TPSA) is 128 Å². The third kappa shape index (κ3) is 7.33. The van der Waals surface area contributed by atoms with E-state index in [1.54, 1.807) is 19.1 Å². The summed E-state index contributed by atoms with van der Waals surface area (Å²) in [6.45, 7) is 5.05. The van der Waals surface area contributed by atoms with Crippen LogP contribution in [0.4, 0.5) is 10.5 Å². The van der Waals surface area contributed by atoms with Crippen molar-refractivity contribution in [3.8, 4) is 0 Å². The largest absolute Gasteiger partial charge is 0.456 e. The minimum Gasteiger partial charge on any atom is -0.456 e. The second kappa shape index (κ2) is 10.2. The van der Waals surface area contributed by atoms with E-state index in [0.29, 0.717) is 24.1 Å². The standard InChI is InChI=1S/C18H25N3O5/c1-4-16(23)20-13-7-5-12(6-8-13)15(22)10-26-17(24)14(9-11(2)3)21-18(19)25/h5-8,11,14H,4,9-10H2,1-3H3,(H,20,23)(H3,19,21,25)/t14-/m1/s1. The number of hydrogen-bond acceptors (Lipinski definition) is 5. The lowest BCUT2D eigenvalue weighted by atomic mass is 10.0. The summed E-state index contributed by atoms with van der Waals surface area (Å²) in [7, 11) is 0. The fourth-order valence-electron chi connectivity index (χ4n) is 2.17. The number of nitrogens with one attached hydrogen (secondary N) is 2. The molecule has 1 atom stereocenters. The molecule has 4 N–H and O–H groups in total. The lowest BCUT2D eigenvalue weighted by Gasteiger charge is -2.18. The van der Waals surface area contributed by atoms with Gasteiger partial charge in [-0.2, -0.15) is 0 Å². The van der Waals surface area contributed by atoms with Crippen molar-refractivity contribution in [3.05, 3.63) is 29.8 Å². The number of benzene rings is 1. The summed E-state index contributed by atoms with van der Waals surface area (Å²) in [6.07, 6.45) is 0.704. The third-order valence-electron chi connectivity index (χ3n) is 3.47. The lowest BCUT2D eigenvalue weighted by Crippen LogP contribution is -2.45. The molecule has 3 amide bonds. The Morgan fingerprint density at radius 3 is 2.23 bits per heavy atom. The van der Waals surface area contributed by atoms with Crippen molar-refractivity contribution in [2.24, 2.45) is 11.7 Å². The molecule has 0 bridgehead atoms. The molecular weight excluding hydrogens is 338 g/mol. The molecule has 8 nitrogen and oxygen atoms in total. The van der Waals surface area contributed by atoms with E-state index in [9.17, 15) is 19.2 Å². The van der Waals surface area contributed by atoms with Crippen molar-refractivity contribution in [1.82, 2.24) is 5.32 Å². The summed E-state index contributed by atoms with van der Waals surface area (Å²) < 4.78 is 5.01. The molecule has 0 radical (unpaired) electrons. The second-order valence-corrected chi connectivity index (χ2v) is 6.20. The van der Waals surface area contributed by atoms with E-state index in [1.165, 1.54) is 12.1 Å². The van der Waals surface area contributed by atoms with E-state index in [0.717, 1.165) is 0 Å². The zero-order valence-electron chi connectivity index (χ0n) is 15.2. The Labute approximate surface area is 152 Å². The van der Waals surface area contributed by atoms with Crippen molar-refractivity contribution in [1.29, 1.82) is 0 Å². The van der Waals surface area contributed by atoms with E-state index in [-0.39, 0.29) is 11.8 Å². The van der Waals surface area contributed by atoms with Gasteiger partial charge in [0.25, 0.3) is 0 Å². The highest BCUT2D eigenvalue weighted by molar-refractivity contribution is 5.99. The summed E-state index contributed by atoms with van der Waals surface area (Å²) in [5.74, 6) is -1.11. The Bertz CT molecular complexity index is 655. The maximum Gasteiger partial charge on any atom is 0.329 e. The molecule has 1 aromatic rings. The molecule has 0 aliphatic carbocycles. The van der Waals surface area contributed by atoms with Crippen molar-refractivity contribution >= 4 is 29.4 Å². The molecule has 0 aromatic heterocycles. The molecule has 0 unspecified atom stereocenters. The van der Waals surface area contributed by atoms with Gasteiger partial charge in [-0.3, -0.25) is 9.59 Å². The number of esters is 1. The van der Waals surface area contributed by atoms with Crippen LogP contribution in [0.3, 0.4) is 0 Å². The minimum atomic E-state index is -0.896. The zero-order chi connectivity index (χ0) is 19.7. The van der Waals surface area contributed by atoms with Crippen molar-refractivity contribution in [2.45, 2.75) is 39.7 Å². The van der Waals surface area contributed by atoms with Gasteiger partial charge in [-0.25, -0.2) is 9.59 Å². The first-order chi connectivity index (χ1) is 12.2. The van der Waals surface area contributed by atoms with Crippen LogP contribution in [-0.2, 0) is 14.3 Å². The summed E-state index contributed by atoms with van der Waals surface area (Å²) in [6, 6.07) is 4.54. The summed E-state index contributed by atoms with van der Waals surface area (Å²) in [5, 5.41) is 4.99. The van der Waals surface area contributed by atoms with Gasteiger partial charge >= 0.3 is 12.0 Å². The van der Waals surface area contributed by atoms with Gasteiger partial charge < -0.3 is 21.1 Å². The quantitative estimate of drug-likeness (QED) is 0.456. The van der Waals surface area contributed by atoms with Gasteiger partial charge in [-0.1, -0.05) is 20.8 Å². The molecular formula is C18H25N3O5. The number of urea groups is 1. The zero-order valence-corrected chi connectivity index (χ0v) is 15.2. The number of amides is 3. The highest BCUT2D eigenvalue weighted by Crippen LogP contribution is 2.11. The van der Waals surface area contributed by atoms with Crippen LogP contribution >= 0.6 is 0 Å². The van der Waals surface area contributed by atoms with Gasteiger partial charge in [0.1, 0.15) is 6.04 Å². The predicted octanol–water partition coefficient (Wildman–Crippen LogP) is 1.84. The Hall–Kier alpha value is -2.90. The third-order valence-corrected chi connectivity index (χ3v) is 3.47. The second-order valence-electron chi connectivity index (χ2n) is 6.20. The number of anilines is 1. The van der Waals surface area contributed by atoms with Crippen molar-refractivity contribution in [2.75, 3.05) is 11.9 Å². The molecule has 142 valence electrons. The van der Waals surface area contributed by atoms with Crippen LogP contribution in [0.2, 0.25) is 0 Å². The molecule has 0 fully saturated rings. The molecule has 26 heavy (non-hydrogen) atoms. The average molecular weight is 363 g/mol. The van der Waals surface area contributed by atoms with Crippen molar-refractivity contribution < 1.29 is 23.9 Å². The number of carbonyl (C=O) groups is 4. The van der Waals surface area contributed by atoms with E-state index in [1.807, 2.05) is 13.8 Å². The van der Waals surface area contributed by atoms with Crippen LogP contribution in [0.15, 0.2) is 24.3 Å². The lowest BCUT2D eigenvalue weighted by molar-refractivity contribution is -0.145. The normalized spacial score (nSPS) is 11.5. The molecule has 0 saturated heterocycles. The molecule has 1 rings (SSSR count). The monoisotopic (exact) mass is 363 g/mol. The van der Waals surface area contributed by atoms with E-state index in [4.69, 9.17) is 10.5 Å². The van der Waals surface area contributed by atoms with Crippen LogP contribution < -0.4 is 16.4 Å². The first-order valence-corrected chi connectivity index (χ1v) is 8.38. The molecule has 0 saturated carbocycles. The number of Topliss-reactive ketones (excluding diaryl/α,β-unsaturated/α-hetero) is 1. The molecule has 0 aliphatic heterocycles. The maximum atomic E-state index is 12.1. The minimum absolute atomic E-state index is 0.126. The molecule has 8 heteroatoms. The number of primary amides is 1. The predicted molar refractivity (Wildman–Crippen MR) is 96.6 cm³/mol. The molecule has 1 aromatic carbocycles. The highest BCUT2D eigenvalue weighted by atomic mass is 16.5. The summed E-state index contributed by atoms with van der Waals surface area (Å²) >= 11 is 0. The number of ether oxygens (including phenoxy) is 1. The van der Waals surface area contributed by atoms with E-state index >= 15 is 0 Å². The number of rotatable bonds is 9. The van der Waals surface area contributed by atoms with Gasteiger partial charge in [0.2, 0.25) is 5.91 Å². The number of nitrogens with two attached hydrogens (primary N) is 1. The van der Waals surface area contributed by atoms with Crippen molar-refractivity contribution in [3.63, 3.8) is 0 Å². The van der Waals surface area contributed by atoms with Crippen LogP contribution in [0, 0.1) is 5.92 Å². The molecule has 0 spiro atoms. The Morgan fingerprint density at radius 1 is 1.12 bits per heavy atom. The van der Waals surface area contributed by atoms with Crippen LogP contribution in [0.25, 0.3) is 0 Å². The Morgan fingerprint density at radius 2 is 1.73 bits per heavy atom. The summed E-state index contributed by atoms with van der Waals surface area (Å²) in [5.41, 5.74) is 5.98. The van der Waals surface area contributed by atoms with Crippen LogP contribution in [0.1, 0.15) is 44.0 Å². The SMILES string of the molecule is CCC(=O)Nc1ccc(C(=O)COC(=O)[C@@H](CC(C)C)NC(N)=O)cc1. The van der Waals surface area contributed by atoms with E-state index < -0.39 is 30.4 Å². The fraction of sp³-hybridized carbons (Fsp3) is 0.444. The summed E-state index contributed by atoms with van der Waals surface area (Å²) in [4.78, 5) is 46.5. The van der Waals surface area contributed by atoms with Gasteiger partial charge in [0.05, 0.1) is 0 Å². The number of hydrogen-bond donors (Lipinski definition) is 3. The van der Waals surface area contributed by atoms with Gasteiger partial charge in [-0.15, -0.1) is 0 Å². The smallest absolute Gasteiger partial charge is 0.329 e. The van der Waals surface area contributed by atoms with Gasteiger partial charge in [-0.05, 0) is 36.6 Å². The van der Waals surface area contributed by atoms with Crippen LogP contribution in [0.5, 0.6) is 0 Å². The average Bonchev–Trinajstić information content (AvgIpc) is 2.58. The van der Waals surface area contributed by atoms with Gasteiger partial charge in [0.15, 0.2) is 12.4 Å². The van der Waals surface area contributed by atoms with Crippen LogP contribution in [-0.4, -0.2) is 36.3 Å². The fourth-order valence-corrected chi connectivity index (χ4v) is 2.17. The number of carbonyl (C=O) groups excluding carboxylic acids is 4.